The van der Waals surface area contributed by atoms with Gasteiger partial charge in [-0.05, 0) is 12.1 Å². The third kappa shape index (κ3) is 2.71. The van der Waals surface area contributed by atoms with Gasteiger partial charge in [0.25, 0.3) is 0 Å². The number of aldehydes is 1. The lowest BCUT2D eigenvalue weighted by atomic mass is 10.2. The van der Waals surface area contributed by atoms with E-state index >= 15 is 0 Å². The first kappa shape index (κ1) is 9.45. The van der Waals surface area contributed by atoms with Crippen molar-refractivity contribution in [1.82, 2.24) is 9.88 Å². The Hall–Kier alpha value is -1.64. The van der Waals surface area contributed by atoms with Crippen molar-refractivity contribution in [3.8, 4) is 0 Å². The molecule has 0 atom stereocenters. The van der Waals surface area contributed by atoms with Gasteiger partial charge in [-0.25, -0.2) is 0 Å². The SMILES string of the molecule is CN(C)/C=C(\C=O)c1ccccn1. The molecule has 0 unspecified atom stereocenters. The summed E-state index contributed by atoms with van der Waals surface area (Å²) in [7, 11) is 3.74. The summed E-state index contributed by atoms with van der Waals surface area (Å²) >= 11 is 0. The topological polar surface area (TPSA) is 33.2 Å². The Morgan fingerprint density at radius 1 is 1.46 bits per heavy atom. The minimum absolute atomic E-state index is 0.589. The number of hydrogen-bond acceptors (Lipinski definition) is 3. The highest BCUT2D eigenvalue weighted by molar-refractivity contribution is 6.05. The zero-order valence-corrected chi connectivity index (χ0v) is 7.77. The van der Waals surface area contributed by atoms with Crippen LogP contribution in [0.15, 0.2) is 30.6 Å². The number of carbonyl (C=O) groups excluding carboxylic acids is 1. The molecule has 13 heavy (non-hydrogen) atoms. The number of aromatic nitrogens is 1. The molecular formula is C10H12N2O. The zero-order chi connectivity index (χ0) is 9.68. The van der Waals surface area contributed by atoms with Gasteiger partial charge in [-0.3, -0.25) is 9.78 Å². The van der Waals surface area contributed by atoms with E-state index in [9.17, 15) is 4.79 Å². The van der Waals surface area contributed by atoms with E-state index in [1.165, 1.54) is 0 Å². The summed E-state index contributed by atoms with van der Waals surface area (Å²) < 4.78 is 0. The van der Waals surface area contributed by atoms with Crippen molar-refractivity contribution in [3.05, 3.63) is 36.3 Å². The quantitative estimate of drug-likeness (QED) is 0.512. The van der Waals surface area contributed by atoms with Crippen molar-refractivity contribution in [1.29, 1.82) is 0 Å². The molecule has 0 saturated heterocycles. The van der Waals surface area contributed by atoms with E-state index in [-0.39, 0.29) is 0 Å². The van der Waals surface area contributed by atoms with Crippen LogP contribution in [0.5, 0.6) is 0 Å². The molecule has 0 spiro atoms. The maximum atomic E-state index is 10.7. The fourth-order valence-electron chi connectivity index (χ4n) is 0.969. The maximum Gasteiger partial charge on any atom is 0.153 e. The van der Waals surface area contributed by atoms with Crippen LogP contribution in [-0.2, 0) is 4.79 Å². The summed E-state index contributed by atoms with van der Waals surface area (Å²) in [6, 6.07) is 5.49. The first-order valence-electron chi connectivity index (χ1n) is 3.99. The second-order valence-electron chi connectivity index (χ2n) is 2.88. The van der Waals surface area contributed by atoms with Gasteiger partial charge >= 0.3 is 0 Å². The minimum Gasteiger partial charge on any atom is -0.383 e. The van der Waals surface area contributed by atoms with Crippen LogP contribution >= 0.6 is 0 Å². The fourth-order valence-corrected chi connectivity index (χ4v) is 0.969. The smallest absolute Gasteiger partial charge is 0.153 e. The average molecular weight is 176 g/mol. The molecule has 3 heteroatoms. The highest BCUT2D eigenvalue weighted by atomic mass is 16.1. The van der Waals surface area contributed by atoms with Crippen LogP contribution in [0.1, 0.15) is 5.69 Å². The molecule has 0 bridgehead atoms. The molecule has 68 valence electrons. The number of hydrogen-bond donors (Lipinski definition) is 0. The number of pyridine rings is 1. The van der Waals surface area contributed by atoms with E-state index in [2.05, 4.69) is 4.98 Å². The molecule has 1 aromatic rings. The summed E-state index contributed by atoms with van der Waals surface area (Å²) in [5.41, 5.74) is 1.29. The van der Waals surface area contributed by atoms with Gasteiger partial charge in [0.1, 0.15) is 0 Å². The van der Waals surface area contributed by atoms with Crippen molar-refractivity contribution in [3.63, 3.8) is 0 Å². The first-order chi connectivity index (χ1) is 6.24. The molecule has 1 rings (SSSR count). The lowest BCUT2D eigenvalue weighted by Crippen LogP contribution is -2.03. The van der Waals surface area contributed by atoms with Gasteiger partial charge in [0.15, 0.2) is 6.29 Å². The van der Waals surface area contributed by atoms with Gasteiger partial charge in [-0.1, -0.05) is 6.07 Å². The van der Waals surface area contributed by atoms with Gasteiger partial charge < -0.3 is 4.90 Å². The standard InChI is InChI=1S/C10H12N2O/c1-12(2)7-9(8-13)10-5-3-4-6-11-10/h3-8H,1-2H3/b9-7+. The monoisotopic (exact) mass is 176 g/mol. The van der Waals surface area contributed by atoms with Crippen LogP contribution in [-0.4, -0.2) is 30.3 Å². The molecule has 0 radical (unpaired) electrons. The molecule has 1 aromatic heterocycles. The largest absolute Gasteiger partial charge is 0.383 e. The van der Waals surface area contributed by atoms with E-state index in [1.807, 2.05) is 37.2 Å². The molecule has 0 amide bonds. The Balaban J connectivity index is 2.98. The van der Waals surface area contributed by atoms with E-state index in [0.717, 1.165) is 6.29 Å². The van der Waals surface area contributed by atoms with Gasteiger partial charge in [-0.2, -0.15) is 0 Å². The normalized spacial score (nSPS) is 11.1. The molecule has 0 aliphatic rings. The lowest BCUT2D eigenvalue weighted by Gasteiger charge is -2.06. The highest BCUT2D eigenvalue weighted by Gasteiger charge is 1.99. The van der Waals surface area contributed by atoms with Crippen LogP contribution in [0.4, 0.5) is 0 Å². The number of allylic oxidation sites excluding steroid dienone is 1. The predicted molar refractivity (Wildman–Crippen MR) is 52.0 cm³/mol. The molecule has 0 aliphatic carbocycles. The molecule has 1 heterocycles. The van der Waals surface area contributed by atoms with E-state index in [0.29, 0.717) is 11.3 Å². The molecule has 0 N–H and O–H groups in total. The van der Waals surface area contributed by atoms with Crippen molar-refractivity contribution in [2.75, 3.05) is 14.1 Å². The fraction of sp³-hybridized carbons (Fsp3) is 0.200. The lowest BCUT2D eigenvalue weighted by molar-refractivity contribution is -0.103. The number of nitrogens with zero attached hydrogens (tertiary/aromatic N) is 2. The van der Waals surface area contributed by atoms with E-state index in [1.54, 1.807) is 12.4 Å². The van der Waals surface area contributed by atoms with Crippen molar-refractivity contribution >= 4 is 11.9 Å². The molecule has 0 aromatic carbocycles. The number of rotatable bonds is 3. The molecule has 3 nitrogen and oxygen atoms in total. The minimum atomic E-state index is 0.589. The summed E-state index contributed by atoms with van der Waals surface area (Å²) in [6.45, 7) is 0. The molecule has 0 fully saturated rings. The predicted octanol–water partition coefficient (Wildman–Crippen LogP) is 1.18. The second kappa shape index (κ2) is 4.40. The van der Waals surface area contributed by atoms with Crippen LogP contribution < -0.4 is 0 Å². The Labute approximate surface area is 77.7 Å². The first-order valence-corrected chi connectivity index (χ1v) is 3.99. The Kier molecular flexibility index (Phi) is 3.20. The van der Waals surface area contributed by atoms with Crippen LogP contribution in [0.25, 0.3) is 5.57 Å². The summed E-state index contributed by atoms with van der Waals surface area (Å²) in [4.78, 5) is 16.6. The highest BCUT2D eigenvalue weighted by Crippen LogP contribution is 2.07. The Bertz CT molecular complexity index is 304. The van der Waals surface area contributed by atoms with E-state index < -0.39 is 0 Å². The summed E-state index contributed by atoms with van der Waals surface area (Å²) in [5.74, 6) is 0. The van der Waals surface area contributed by atoms with Gasteiger partial charge in [-0.15, -0.1) is 0 Å². The third-order valence-corrected chi connectivity index (χ3v) is 1.48. The van der Waals surface area contributed by atoms with Crippen LogP contribution in [0.3, 0.4) is 0 Å². The summed E-state index contributed by atoms with van der Waals surface area (Å²) in [6.07, 6.45) is 4.22. The Morgan fingerprint density at radius 2 is 2.23 bits per heavy atom. The Morgan fingerprint density at radius 3 is 2.69 bits per heavy atom. The van der Waals surface area contributed by atoms with Gasteiger partial charge in [0, 0.05) is 26.5 Å². The number of carbonyl (C=O) groups is 1. The molecule has 0 aliphatic heterocycles. The summed E-state index contributed by atoms with van der Waals surface area (Å²) in [5, 5.41) is 0. The van der Waals surface area contributed by atoms with Gasteiger partial charge in [0.05, 0.1) is 11.3 Å². The van der Waals surface area contributed by atoms with Crippen molar-refractivity contribution in [2.45, 2.75) is 0 Å². The van der Waals surface area contributed by atoms with Crippen molar-refractivity contribution in [2.24, 2.45) is 0 Å². The maximum absolute atomic E-state index is 10.7. The third-order valence-electron chi connectivity index (χ3n) is 1.48. The molecule has 0 saturated carbocycles. The van der Waals surface area contributed by atoms with Crippen LogP contribution in [0, 0.1) is 0 Å². The second-order valence-corrected chi connectivity index (χ2v) is 2.88. The molecular weight excluding hydrogens is 164 g/mol. The van der Waals surface area contributed by atoms with E-state index in [4.69, 9.17) is 0 Å². The average Bonchev–Trinajstić information content (AvgIpc) is 2.15. The zero-order valence-electron chi connectivity index (χ0n) is 7.77. The van der Waals surface area contributed by atoms with Crippen LogP contribution in [0.2, 0.25) is 0 Å². The van der Waals surface area contributed by atoms with Crippen molar-refractivity contribution < 1.29 is 4.79 Å². The van der Waals surface area contributed by atoms with Gasteiger partial charge in [0.2, 0.25) is 0 Å².